The molecule has 1 fully saturated rings. The second kappa shape index (κ2) is 11.1. The first-order chi connectivity index (χ1) is 11.6. The van der Waals surface area contributed by atoms with Gasteiger partial charge in [0, 0.05) is 26.3 Å². The number of amides is 2. The van der Waals surface area contributed by atoms with E-state index in [2.05, 4.69) is 5.32 Å². The molecule has 25 heavy (non-hydrogen) atoms. The van der Waals surface area contributed by atoms with E-state index in [0.717, 1.165) is 18.4 Å². The van der Waals surface area contributed by atoms with Crippen LogP contribution in [0.2, 0.25) is 0 Å². The maximum Gasteiger partial charge on any atom is 0.242 e. The lowest BCUT2D eigenvalue weighted by Crippen LogP contribution is -2.49. The van der Waals surface area contributed by atoms with Crippen molar-refractivity contribution in [3.8, 4) is 0 Å². The molecule has 2 rings (SSSR count). The Kier molecular flexibility index (Phi) is 9.49. The van der Waals surface area contributed by atoms with E-state index in [1.807, 2.05) is 37.3 Å². The minimum atomic E-state index is -0.578. The summed E-state index contributed by atoms with van der Waals surface area (Å²) in [5.41, 5.74) is 7.09. The van der Waals surface area contributed by atoms with E-state index in [1.54, 1.807) is 4.90 Å². The average molecular weight is 370 g/mol. The number of likely N-dealkylation sites (N-methyl/N-ethyl adjacent to an activating group) is 1. The van der Waals surface area contributed by atoms with Gasteiger partial charge in [-0.15, -0.1) is 12.4 Å². The molecular weight excluding hydrogens is 342 g/mol. The Morgan fingerprint density at radius 3 is 2.52 bits per heavy atom. The molecule has 0 spiro atoms. The topological polar surface area (TPSA) is 84.7 Å². The van der Waals surface area contributed by atoms with Crippen LogP contribution < -0.4 is 11.1 Å². The third kappa shape index (κ3) is 6.65. The Labute approximate surface area is 155 Å². The van der Waals surface area contributed by atoms with Crippen LogP contribution in [0.1, 0.15) is 25.3 Å². The molecule has 3 N–H and O–H groups in total. The van der Waals surface area contributed by atoms with Crippen molar-refractivity contribution in [1.82, 2.24) is 10.2 Å². The van der Waals surface area contributed by atoms with Crippen molar-refractivity contribution < 1.29 is 14.3 Å². The van der Waals surface area contributed by atoms with Gasteiger partial charge in [0.15, 0.2) is 0 Å². The summed E-state index contributed by atoms with van der Waals surface area (Å²) in [6.07, 6.45) is 1.58. The molecule has 0 aliphatic carbocycles. The zero-order valence-electron chi connectivity index (χ0n) is 14.6. The highest BCUT2D eigenvalue weighted by Crippen LogP contribution is 2.17. The lowest BCUT2D eigenvalue weighted by atomic mass is 9.92. The van der Waals surface area contributed by atoms with Crippen molar-refractivity contribution in [2.24, 2.45) is 11.7 Å². The Balaban J connectivity index is 0.00000312. The number of nitrogens with one attached hydrogen (secondary N) is 1. The molecule has 7 heteroatoms. The fraction of sp³-hybridized carbons (Fsp3) is 0.556. The summed E-state index contributed by atoms with van der Waals surface area (Å²) in [5.74, 6) is -0.236. The summed E-state index contributed by atoms with van der Waals surface area (Å²) in [5, 5.41) is 2.68. The van der Waals surface area contributed by atoms with Gasteiger partial charge in [0.05, 0.1) is 12.6 Å². The Bertz CT molecular complexity index is 536. The van der Waals surface area contributed by atoms with Gasteiger partial charge in [-0.25, -0.2) is 0 Å². The summed E-state index contributed by atoms with van der Waals surface area (Å²) in [6, 6.07) is 9.22. The number of ether oxygens (including phenoxy) is 1. The zero-order valence-corrected chi connectivity index (χ0v) is 15.5. The van der Waals surface area contributed by atoms with Crippen LogP contribution in [0.15, 0.2) is 30.3 Å². The van der Waals surface area contributed by atoms with E-state index in [-0.39, 0.29) is 36.7 Å². The van der Waals surface area contributed by atoms with Crippen LogP contribution >= 0.6 is 12.4 Å². The number of halogens is 1. The van der Waals surface area contributed by atoms with E-state index in [9.17, 15) is 9.59 Å². The summed E-state index contributed by atoms with van der Waals surface area (Å²) in [6.45, 7) is 4.33. The van der Waals surface area contributed by atoms with Gasteiger partial charge < -0.3 is 20.7 Å². The zero-order chi connectivity index (χ0) is 17.4. The molecule has 1 atom stereocenters. The van der Waals surface area contributed by atoms with Crippen LogP contribution in [0, 0.1) is 5.92 Å². The predicted octanol–water partition coefficient (Wildman–Crippen LogP) is 1.33. The van der Waals surface area contributed by atoms with Crippen molar-refractivity contribution in [2.45, 2.75) is 32.4 Å². The van der Waals surface area contributed by atoms with Gasteiger partial charge in [-0.3, -0.25) is 9.59 Å². The number of hydrogen-bond donors (Lipinski definition) is 2. The maximum atomic E-state index is 12.3. The lowest BCUT2D eigenvalue weighted by Gasteiger charge is -2.27. The number of carbonyl (C=O) groups is 2. The molecule has 0 saturated carbocycles. The predicted molar refractivity (Wildman–Crippen MR) is 99.3 cm³/mol. The van der Waals surface area contributed by atoms with Gasteiger partial charge in [-0.05, 0) is 31.2 Å². The molecule has 1 aromatic carbocycles. The molecule has 1 aliphatic rings. The van der Waals surface area contributed by atoms with Gasteiger partial charge in [0.25, 0.3) is 0 Å². The van der Waals surface area contributed by atoms with Gasteiger partial charge in [-0.1, -0.05) is 30.3 Å². The summed E-state index contributed by atoms with van der Waals surface area (Å²) in [7, 11) is 0. The SMILES string of the molecule is CCN(Cc1ccccc1)C(=O)CNC(=O)C(N)C1CCOCC1.Cl. The molecule has 0 aromatic heterocycles. The van der Waals surface area contributed by atoms with Gasteiger partial charge in [0.2, 0.25) is 11.8 Å². The largest absolute Gasteiger partial charge is 0.381 e. The summed E-state index contributed by atoms with van der Waals surface area (Å²) in [4.78, 5) is 26.2. The standard InChI is InChI=1S/C18H27N3O3.ClH/c1-2-21(13-14-6-4-3-5-7-14)16(22)12-20-18(23)17(19)15-8-10-24-11-9-15;/h3-7,15,17H,2,8-13,19H2,1H3,(H,20,23);1H. The van der Waals surface area contributed by atoms with Crippen LogP contribution in [0.3, 0.4) is 0 Å². The number of benzene rings is 1. The number of nitrogens with zero attached hydrogens (tertiary/aromatic N) is 1. The number of rotatable bonds is 7. The normalized spacial score (nSPS) is 15.8. The fourth-order valence-electron chi connectivity index (χ4n) is 2.86. The van der Waals surface area contributed by atoms with Crippen molar-refractivity contribution in [3.05, 3.63) is 35.9 Å². The van der Waals surface area contributed by atoms with Crippen LogP contribution in [0.5, 0.6) is 0 Å². The van der Waals surface area contributed by atoms with Crippen molar-refractivity contribution in [1.29, 1.82) is 0 Å². The molecule has 0 bridgehead atoms. The van der Waals surface area contributed by atoms with Crippen LogP contribution in [0.25, 0.3) is 0 Å². The van der Waals surface area contributed by atoms with Crippen molar-refractivity contribution >= 4 is 24.2 Å². The Hall–Kier alpha value is -1.63. The van der Waals surface area contributed by atoms with E-state index in [0.29, 0.717) is 26.3 Å². The van der Waals surface area contributed by atoms with E-state index in [1.165, 1.54) is 0 Å². The molecule has 0 radical (unpaired) electrons. The van der Waals surface area contributed by atoms with E-state index in [4.69, 9.17) is 10.5 Å². The molecule has 1 unspecified atom stereocenters. The monoisotopic (exact) mass is 369 g/mol. The second-order valence-electron chi connectivity index (χ2n) is 6.09. The molecule has 1 aliphatic heterocycles. The Morgan fingerprint density at radius 1 is 1.28 bits per heavy atom. The highest BCUT2D eigenvalue weighted by atomic mass is 35.5. The average Bonchev–Trinajstić information content (AvgIpc) is 2.64. The fourth-order valence-corrected chi connectivity index (χ4v) is 2.86. The van der Waals surface area contributed by atoms with Crippen molar-refractivity contribution in [3.63, 3.8) is 0 Å². The first-order valence-corrected chi connectivity index (χ1v) is 8.54. The number of hydrogen-bond acceptors (Lipinski definition) is 4. The first-order valence-electron chi connectivity index (χ1n) is 8.54. The number of nitrogens with two attached hydrogens (primary N) is 1. The molecule has 2 amide bonds. The summed E-state index contributed by atoms with van der Waals surface area (Å²) < 4.78 is 5.28. The van der Waals surface area contributed by atoms with Crippen LogP contribution in [-0.4, -0.2) is 49.1 Å². The highest BCUT2D eigenvalue weighted by Gasteiger charge is 2.27. The second-order valence-corrected chi connectivity index (χ2v) is 6.09. The van der Waals surface area contributed by atoms with Crippen molar-refractivity contribution in [2.75, 3.05) is 26.3 Å². The first kappa shape index (κ1) is 21.4. The third-order valence-electron chi connectivity index (χ3n) is 4.44. The van der Waals surface area contributed by atoms with Gasteiger partial charge in [-0.2, -0.15) is 0 Å². The smallest absolute Gasteiger partial charge is 0.242 e. The molecule has 6 nitrogen and oxygen atoms in total. The van der Waals surface area contributed by atoms with Gasteiger partial charge in [0.1, 0.15) is 0 Å². The minimum absolute atomic E-state index is 0. The summed E-state index contributed by atoms with van der Waals surface area (Å²) >= 11 is 0. The molecule has 140 valence electrons. The quantitative estimate of drug-likeness (QED) is 0.759. The Morgan fingerprint density at radius 2 is 1.92 bits per heavy atom. The molecule has 1 heterocycles. The molecule has 1 saturated heterocycles. The number of carbonyl (C=O) groups excluding carboxylic acids is 2. The maximum absolute atomic E-state index is 12.3. The van der Waals surface area contributed by atoms with E-state index < -0.39 is 6.04 Å². The van der Waals surface area contributed by atoms with Crippen LogP contribution in [-0.2, 0) is 20.9 Å². The van der Waals surface area contributed by atoms with Gasteiger partial charge >= 0.3 is 0 Å². The molecular formula is C18H28ClN3O3. The van der Waals surface area contributed by atoms with Crippen LogP contribution in [0.4, 0.5) is 0 Å². The van der Waals surface area contributed by atoms with E-state index >= 15 is 0 Å². The lowest BCUT2D eigenvalue weighted by molar-refractivity contribution is -0.134. The molecule has 1 aromatic rings. The minimum Gasteiger partial charge on any atom is -0.381 e. The third-order valence-corrected chi connectivity index (χ3v) is 4.44. The highest BCUT2D eigenvalue weighted by molar-refractivity contribution is 5.87.